The van der Waals surface area contributed by atoms with Crippen molar-refractivity contribution in [2.24, 2.45) is 0 Å². The van der Waals surface area contributed by atoms with E-state index in [4.69, 9.17) is 0 Å². The van der Waals surface area contributed by atoms with Gasteiger partial charge in [-0.3, -0.25) is 14.9 Å². The third-order valence-corrected chi connectivity index (χ3v) is 3.47. The van der Waals surface area contributed by atoms with Crippen molar-refractivity contribution in [3.8, 4) is 0 Å². The number of hydrogen-bond acceptors (Lipinski definition) is 3. The first kappa shape index (κ1) is 17.0. The maximum absolute atomic E-state index is 11.3. The van der Waals surface area contributed by atoms with Crippen LogP contribution in [0, 0.1) is 0 Å². The maximum atomic E-state index is 11.3. The maximum Gasteiger partial charge on any atom is 0.206 e. The lowest BCUT2D eigenvalue weighted by molar-refractivity contribution is -0.693. The third kappa shape index (κ3) is 5.38. The lowest BCUT2D eigenvalue weighted by Gasteiger charge is -2.05. The average molecular weight is 313 g/mol. The standard InChI is InChI=1S/C18H23N3O2/c1-15(22)13-20-9-5-3-7-17(20)11-19-12-18-8-4-6-10-21(18)14-16(2)23/h3-10,19H,11-14H2,1-2H3/q+2. The Balaban J connectivity index is 2.01. The summed E-state index contributed by atoms with van der Waals surface area (Å²) >= 11 is 0. The Kier molecular flexibility index (Phi) is 6.11. The average Bonchev–Trinajstić information content (AvgIpc) is 2.49. The number of ketones is 2. The lowest BCUT2D eigenvalue weighted by atomic mass is 10.3. The minimum Gasteiger partial charge on any atom is -0.298 e. The molecule has 0 amide bonds. The molecule has 2 rings (SSSR count). The first-order valence-corrected chi connectivity index (χ1v) is 7.70. The smallest absolute Gasteiger partial charge is 0.206 e. The molecule has 2 aromatic heterocycles. The summed E-state index contributed by atoms with van der Waals surface area (Å²) in [6.45, 7) is 5.25. The summed E-state index contributed by atoms with van der Waals surface area (Å²) in [5.41, 5.74) is 2.11. The molecular formula is C18H23N3O2+2. The largest absolute Gasteiger partial charge is 0.298 e. The van der Waals surface area contributed by atoms with Crippen LogP contribution in [-0.2, 0) is 35.8 Å². The zero-order valence-corrected chi connectivity index (χ0v) is 13.7. The van der Waals surface area contributed by atoms with Crippen LogP contribution in [0.1, 0.15) is 25.2 Å². The summed E-state index contributed by atoms with van der Waals surface area (Å²) in [4.78, 5) is 22.7. The fourth-order valence-electron chi connectivity index (χ4n) is 2.45. The first-order valence-electron chi connectivity index (χ1n) is 7.70. The molecular weight excluding hydrogens is 290 g/mol. The third-order valence-electron chi connectivity index (χ3n) is 3.47. The topological polar surface area (TPSA) is 53.9 Å². The number of nitrogens with one attached hydrogen (secondary N) is 1. The Morgan fingerprint density at radius 3 is 1.65 bits per heavy atom. The molecule has 0 radical (unpaired) electrons. The van der Waals surface area contributed by atoms with E-state index in [0.717, 1.165) is 11.4 Å². The molecule has 0 saturated carbocycles. The summed E-state index contributed by atoms with van der Waals surface area (Å²) in [5.74, 6) is 0.259. The summed E-state index contributed by atoms with van der Waals surface area (Å²) in [6, 6.07) is 11.8. The van der Waals surface area contributed by atoms with Gasteiger partial charge in [0, 0.05) is 38.1 Å². The summed E-state index contributed by atoms with van der Waals surface area (Å²) < 4.78 is 3.90. The molecule has 0 fully saturated rings. The highest BCUT2D eigenvalue weighted by Crippen LogP contribution is 1.95. The lowest BCUT2D eigenvalue weighted by Crippen LogP contribution is -2.44. The molecule has 2 aromatic rings. The molecule has 2 heterocycles. The van der Waals surface area contributed by atoms with Gasteiger partial charge in [-0.05, 0) is 0 Å². The van der Waals surface area contributed by atoms with Crippen LogP contribution in [-0.4, -0.2) is 11.6 Å². The number of carbonyl (C=O) groups excluding carboxylic acids is 2. The summed E-state index contributed by atoms with van der Waals surface area (Å²) in [7, 11) is 0. The van der Waals surface area contributed by atoms with Crippen molar-refractivity contribution in [1.82, 2.24) is 5.32 Å². The number of aromatic nitrogens is 2. The molecule has 5 nitrogen and oxygen atoms in total. The molecule has 1 N–H and O–H groups in total. The number of pyridine rings is 2. The highest BCUT2D eigenvalue weighted by molar-refractivity contribution is 5.74. The molecule has 0 aliphatic carbocycles. The van der Waals surface area contributed by atoms with Crippen molar-refractivity contribution in [2.75, 3.05) is 0 Å². The fourth-order valence-corrected chi connectivity index (χ4v) is 2.45. The molecule has 0 bridgehead atoms. The summed E-state index contributed by atoms with van der Waals surface area (Å²) in [5, 5.41) is 3.38. The fraction of sp³-hybridized carbons (Fsp3) is 0.333. The van der Waals surface area contributed by atoms with Crippen molar-refractivity contribution in [1.29, 1.82) is 0 Å². The Morgan fingerprint density at radius 2 is 1.26 bits per heavy atom. The van der Waals surface area contributed by atoms with Gasteiger partial charge in [0.05, 0.1) is 13.1 Å². The second-order valence-electron chi connectivity index (χ2n) is 5.65. The van der Waals surface area contributed by atoms with E-state index in [0.29, 0.717) is 26.2 Å². The second-order valence-corrected chi connectivity index (χ2v) is 5.65. The molecule has 0 atom stereocenters. The minimum atomic E-state index is 0.129. The van der Waals surface area contributed by atoms with Crippen LogP contribution < -0.4 is 14.5 Å². The Morgan fingerprint density at radius 1 is 0.826 bits per heavy atom. The van der Waals surface area contributed by atoms with Crippen LogP contribution in [0.4, 0.5) is 0 Å². The SMILES string of the molecule is CC(=O)C[n+]1ccccc1CNCc1cccc[n+]1CC(C)=O. The molecule has 0 spiro atoms. The quantitative estimate of drug-likeness (QED) is 0.731. The number of Topliss-reactive ketones (excluding diaryl/α,β-unsaturated/α-hetero) is 2. The van der Waals surface area contributed by atoms with Gasteiger partial charge in [0.2, 0.25) is 13.1 Å². The van der Waals surface area contributed by atoms with E-state index in [9.17, 15) is 9.59 Å². The summed E-state index contributed by atoms with van der Waals surface area (Å²) in [6.07, 6.45) is 3.83. The highest BCUT2D eigenvalue weighted by Gasteiger charge is 2.14. The van der Waals surface area contributed by atoms with Gasteiger partial charge in [-0.1, -0.05) is 12.1 Å². The molecule has 0 aliphatic rings. The van der Waals surface area contributed by atoms with Gasteiger partial charge in [-0.2, -0.15) is 9.13 Å². The normalized spacial score (nSPS) is 10.5. The number of carbonyl (C=O) groups is 2. The van der Waals surface area contributed by atoms with Gasteiger partial charge in [-0.25, -0.2) is 0 Å². The van der Waals surface area contributed by atoms with E-state index in [1.807, 2.05) is 57.9 Å². The molecule has 120 valence electrons. The monoisotopic (exact) mass is 313 g/mol. The van der Waals surface area contributed by atoms with Gasteiger partial charge in [0.15, 0.2) is 35.3 Å². The van der Waals surface area contributed by atoms with Crippen LogP contribution in [0.15, 0.2) is 48.8 Å². The molecule has 5 heteroatoms. The van der Waals surface area contributed by atoms with Gasteiger partial charge in [0.25, 0.3) is 0 Å². The predicted octanol–water partition coefficient (Wildman–Crippen LogP) is 0.729. The van der Waals surface area contributed by atoms with Crippen molar-refractivity contribution in [3.05, 3.63) is 60.2 Å². The van der Waals surface area contributed by atoms with E-state index >= 15 is 0 Å². The van der Waals surface area contributed by atoms with Crippen molar-refractivity contribution in [2.45, 2.75) is 40.0 Å². The zero-order valence-electron chi connectivity index (χ0n) is 13.7. The molecule has 23 heavy (non-hydrogen) atoms. The van der Waals surface area contributed by atoms with E-state index in [-0.39, 0.29) is 11.6 Å². The van der Waals surface area contributed by atoms with Crippen LogP contribution >= 0.6 is 0 Å². The van der Waals surface area contributed by atoms with Gasteiger partial charge >= 0.3 is 0 Å². The molecule has 0 aliphatic heterocycles. The van der Waals surface area contributed by atoms with E-state index in [2.05, 4.69) is 5.32 Å². The van der Waals surface area contributed by atoms with Crippen molar-refractivity contribution >= 4 is 11.6 Å². The highest BCUT2D eigenvalue weighted by atomic mass is 16.1. The van der Waals surface area contributed by atoms with Crippen LogP contribution in [0.2, 0.25) is 0 Å². The van der Waals surface area contributed by atoms with Crippen LogP contribution in [0.3, 0.4) is 0 Å². The second kappa shape index (κ2) is 8.29. The first-order chi connectivity index (χ1) is 11.1. The number of nitrogens with zero attached hydrogens (tertiary/aromatic N) is 2. The number of hydrogen-bond donors (Lipinski definition) is 1. The van der Waals surface area contributed by atoms with Crippen LogP contribution in [0.25, 0.3) is 0 Å². The van der Waals surface area contributed by atoms with Gasteiger partial charge < -0.3 is 0 Å². The van der Waals surface area contributed by atoms with E-state index < -0.39 is 0 Å². The van der Waals surface area contributed by atoms with Crippen molar-refractivity contribution < 1.29 is 18.7 Å². The predicted molar refractivity (Wildman–Crippen MR) is 85.2 cm³/mol. The van der Waals surface area contributed by atoms with Gasteiger partial charge in [0.1, 0.15) is 0 Å². The Hall–Kier alpha value is -2.40. The Bertz CT molecular complexity index is 639. The Labute approximate surface area is 136 Å². The molecule has 0 aromatic carbocycles. The molecule has 0 unspecified atom stereocenters. The minimum absolute atomic E-state index is 0.129. The molecule has 0 saturated heterocycles. The van der Waals surface area contributed by atoms with Gasteiger partial charge in [-0.15, -0.1) is 0 Å². The van der Waals surface area contributed by atoms with E-state index in [1.54, 1.807) is 13.8 Å². The number of rotatable bonds is 8. The van der Waals surface area contributed by atoms with Crippen molar-refractivity contribution in [3.63, 3.8) is 0 Å². The zero-order chi connectivity index (χ0) is 16.7. The van der Waals surface area contributed by atoms with E-state index in [1.165, 1.54) is 0 Å². The van der Waals surface area contributed by atoms with Crippen LogP contribution in [0.5, 0.6) is 0 Å².